The van der Waals surface area contributed by atoms with Gasteiger partial charge in [0.05, 0.1) is 0 Å². The van der Waals surface area contributed by atoms with Crippen LogP contribution in [0.1, 0.15) is 11.6 Å². The number of halogens is 2. The number of sulfonamides is 1. The summed E-state index contributed by atoms with van der Waals surface area (Å²) in [6.07, 6.45) is 0. The third-order valence-corrected chi connectivity index (χ3v) is 2.93. The fourth-order valence-corrected chi connectivity index (χ4v) is 1.79. The molecule has 0 saturated carbocycles. The highest BCUT2D eigenvalue weighted by molar-refractivity contribution is 7.89. The van der Waals surface area contributed by atoms with Crippen LogP contribution in [-0.4, -0.2) is 25.3 Å². The number of hydrogen-bond acceptors (Lipinski definition) is 3. The maximum atomic E-state index is 12.1. The van der Waals surface area contributed by atoms with Gasteiger partial charge in [0.15, 0.2) is 0 Å². The quantitative estimate of drug-likeness (QED) is 0.830. The van der Waals surface area contributed by atoms with Gasteiger partial charge < -0.3 is 5.11 Å². The molecule has 2 N–H and O–H groups in total. The molecule has 0 unspecified atom stereocenters. The van der Waals surface area contributed by atoms with Crippen molar-refractivity contribution in [2.75, 3.05) is 0 Å². The Hall–Kier alpha value is -1.54. The monoisotopic (exact) mass is 265 g/mol. The summed E-state index contributed by atoms with van der Waals surface area (Å²) >= 11 is 0. The Morgan fingerprint density at radius 3 is 2.18 bits per heavy atom. The third-order valence-electron chi connectivity index (χ3n) is 1.90. The van der Waals surface area contributed by atoms with Crippen molar-refractivity contribution < 1.29 is 27.1 Å². The van der Waals surface area contributed by atoms with E-state index in [4.69, 9.17) is 5.11 Å². The van der Waals surface area contributed by atoms with Crippen LogP contribution in [0.15, 0.2) is 30.3 Å². The minimum atomic E-state index is -4.95. The molecule has 5 nitrogen and oxygen atoms in total. The zero-order valence-electron chi connectivity index (χ0n) is 8.38. The van der Waals surface area contributed by atoms with Crippen molar-refractivity contribution in [2.24, 2.45) is 0 Å². The molecule has 0 aromatic heterocycles. The Morgan fingerprint density at radius 2 is 1.76 bits per heavy atom. The topological polar surface area (TPSA) is 83.5 Å². The lowest BCUT2D eigenvalue weighted by Crippen LogP contribution is -2.37. The Kier molecular flexibility index (Phi) is 4.13. The zero-order chi connectivity index (χ0) is 13.1. The van der Waals surface area contributed by atoms with Gasteiger partial charge in [0.25, 0.3) is 10.0 Å². The Balaban J connectivity index is 3.02. The van der Waals surface area contributed by atoms with Gasteiger partial charge in [-0.05, 0) is 5.56 Å². The van der Waals surface area contributed by atoms with E-state index in [-0.39, 0.29) is 5.56 Å². The van der Waals surface area contributed by atoms with Crippen molar-refractivity contribution in [2.45, 2.75) is 11.8 Å². The Labute approximate surface area is 96.1 Å². The van der Waals surface area contributed by atoms with E-state index in [0.717, 1.165) is 0 Å². The van der Waals surface area contributed by atoms with E-state index in [9.17, 15) is 22.0 Å². The predicted molar refractivity (Wildman–Crippen MR) is 54.9 cm³/mol. The highest BCUT2D eigenvalue weighted by Crippen LogP contribution is 2.16. The van der Waals surface area contributed by atoms with Gasteiger partial charge in [-0.1, -0.05) is 30.3 Å². The van der Waals surface area contributed by atoms with Crippen molar-refractivity contribution in [1.82, 2.24) is 4.72 Å². The lowest BCUT2D eigenvalue weighted by Gasteiger charge is -2.14. The van der Waals surface area contributed by atoms with Crippen LogP contribution in [0, 0.1) is 0 Å². The van der Waals surface area contributed by atoms with E-state index in [1.807, 2.05) is 0 Å². The van der Waals surface area contributed by atoms with Crippen LogP contribution in [0.2, 0.25) is 0 Å². The first kappa shape index (κ1) is 13.5. The number of carboxylic acids is 1. The number of carboxylic acid groups (broad SMARTS) is 1. The van der Waals surface area contributed by atoms with Crippen molar-refractivity contribution in [1.29, 1.82) is 0 Å². The van der Waals surface area contributed by atoms with Crippen LogP contribution in [0.3, 0.4) is 0 Å². The van der Waals surface area contributed by atoms with Crippen LogP contribution in [0.4, 0.5) is 8.78 Å². The van der Waals surface area contributed by atoms with Crippen LogP contribution in [0.5, 0.6) is 0 Å². The molecule has 17 heavy (non-hydrogen) atoms. The van der Waals surface area contributed by atoms with Crippen molar-refractivity contribution in [3.63, 3.8) is 0 Å². The second-order valence-electron chi connectivity index (χ2n) is 3.11. The molecule has 94 valence electrons. The minimum Gasteiger partial charge on any atom is -0.480 e. The molecular weight excluding hydrogens is 256 g/mol. The van der Waals surface area contributed by atoms with Gasteiger partial charge in [-0.3, -0.25) is 4.79 Å². The van der Waals surface area contributed by atoms with Crippen molar-refractivity contribution >= 4 is 16.0 Å². The van der Waals surface area contributed by atoms with Gasteiger partial charge in [0.2, 0.25) is 0 Å². The summed E-state index contributed by atoms with van der Waals surface area (Å²) in [4.78, 5) is 10.8. The fourth-order valence-electron chi connectivity index (χ4n) is 1.12. The van der Waals surface area contributed by atoms with Gasteiger partial charge >= 0.3 is 11.7 Å². The molecule has 0 heterocycles. The standard InChI is InChI=1S/C9H9F2NO4S/c10-9(11)17(15,16)12-7(8(13)14)6-4-2-1-3-5-6/h1-5,7,9,12H,(H,13,14)/t7-/m0/s1. The van der Waals surface area contributed by atoms with Gasteiger partial charge in [0.1, 0.15) is 6.04 Å². The molecule has 0 aliphatic carbocycles. The molecule has 0 radical (unpaired) electrons. The number of rotatable bonds is 5. The molecule has 0 spiro atoms. The Morgan fingerprint density at radius 1 is 1.24 bits per heavy atom. The average Bonchev–Trinajstić information content (AvgIpc) is 2.26. The van der Waals surface area contributed by atoms with E-state index in [2.05, 4.69) is 0 Å². The van der Waals surface area contributed by atoms with Crippen LogP contribution in [-0.2, 0) is 14.8 Å². The van der Waals surface area contributed by atoms with Gasteiger partial charge in [0, 0.05) is 0 Å². The predicted octanol–water partition coefficient (Wildman–Crippen LogP) is 0.954. The summed E-state index contributed by atoms with van der Waals surface area (Å²) < 4.78 is 47.4. The number of alkyl halides is 2. The second-order valence-corrected chi connectivity index (χ2v) is 4.79. The smallest absolute Gasteiger partial charge is 0.350 e. The fraction of sp³-hybridized carbons (Fsp3) is 0.222. The summed E-state index contributed by atoms with van der Waals surface area (Å²) in [6, 6.07) is 5.46. The lowest BCUT2D eigenvalue weighted by molar-refractivity contribution is -0.139. The summed E-state index contributed by atoms with van der Waals surface area (Å²) in [5, 5.41) is 8.80. The molecule has 0 saturated heterocycles. The zero-order valence-corrected chi connectivity index (χ0v) is 9.19. The molecule has 0 aliphatic heterocycles. The Bertz CT molecular complexity index is 489. The molecular formula is C9H9F2NO4S. The number of carbonyl (C=O) groups is 1. The highest BCUT2D eigenvalue weighted by Gasteiger charge is 2.31. The summed E-state index contributed by atoms with van der Waals surface area (Å²) in [7, 11) is -4.95. The van der Waals surface area contributed by atoms with Gasteiger partial charge in [-0.15, -0.1) is 0 Å². The van der Waals surface area contributed by atoms with Crippen LogP contribution < -0.4 is 4.72 Å². The SMILES string of the molecule is O=C(O)[C@@H](NS(=O)(=O)C(F)F)c1ccccc1. The first-order chi connectivity index (χ1) is 7.84. The molecule has 1 rings (SSSR count). The highest BCUT2D eigenvalue weighted by atomic mass is 32.2. The average molecular weight is 265 g/mol. The van der Waals surface area contributed by atoms with E-state index >= 15 is 0 Å². The molecule has 1 aromatic rings. The summed E-state index contributed by atoms with van der Waals surface area (Å²) in [5.74, 6) is -5.23. The van der Waals surface area contributed by atoms with Gasteiger partial charge in [-0.2, -0.15) is 13.5 Å². The number of nitrogens with one attached hydrogen (secondary N) is 1. The first-order valence-corrected chi connectivity index (χ1v) is 5.96. The van der Waals surface area contributed by atoms with E-state index in [1.54, 1.807) is 6.07 Å². The lowest BCUT2D eigenvalue weighted by atomic mass is 10.1. The molecule has 0 bridgehead atoms. The van der Waals surface area contributed by atoms with Gasteiger partial charge in [-0.25, -0.2) is 8.42 Å². The molecule has 1 aromatic carbocycles. The second kappa shape index (κ2) is 5.19. The van der Waals surface area contributed by atoms with Crippen molar-refractivity contribution in [3.05, 3.63) is 35.9 Å². The van der Waals surface area contributed by atoms with E-state index < -0.39 is 27.8 Å². The molecule has 0 amide bonds. The minimum absolute atomic E-state index is 0.0734. The molecule has 0 aliphatic rings. The normalized spacial score (nSPS) is 13.6. The number of hydrogen-bond donors (Lipinski definition) is 2. The molecule has 0 fully saturated rings. The number of benzene rings is 1. The largest absolute Gasteiger partial charge is 0.480 e. The molecule has 1 atom stereocenters. The maximum Gasteiger partial charge on any atom is 0.350 e. The number of aliphatic carboxylic acids is 1. The maximum absolute atomic E-state index is 12.1. The summed E-state index contributed by atoms with van der Waals surface area (Å²) in [5.41, 5.74) is 0.0734. The first-order valence-electron chi connectivity index (χ1n) is 4.41. The van der Waals surface area contributed by atoms with Crippen molar-refractivity contribution in [3.8, 4) is 0 Å². The summed E-state index contributed by atoms with van der Waals surface area (Å²) in [6.45, 7) is 0. The van der Waals surface area contributed by atoms with Crippen LogP contribution >= 0.6 is 0 Å². The van der Waals surface area contributed by atoms with Crippen LogP contribution in [0.25, 0.3) is 0 Å². The molecule has 8 heteroatoms. The van der Waals surface area contributed by atoms with E-state index in [0.29, 0.717) is 0 Å². The van der Waals surface area contributed by atoms with E-state index in [1.165, 1.54) is 29.0 Å². The third kappa shape index (κ3) is 3.46.